The van der Waals surface area contributed by atoms with Crippen LogP contribution < -0.4 is 21.1 Å². The number of urea groups is 1. The molecule has 6 N–H and O–H groups in total. The molecule has 1 aromatic carbocycles. The molecule has 35 heavy (non-hydrogen) atoms. The zero-order chi connectivity index (χ0) is 25.8. The highest BCUT2D eigenvalue weighted by atomic mass is 35.5. The molecule has 0 aliphatic carbocycles. The third kappa shape index (κ3) is 6.95. The number of ether oxygens (including phenoxy) is 1. The minimum atomic E-state index is -4.21. The minimum absolute atomic E-state index is 0.0975. The fraction of sp³-hybridized carbons (Fsp3) is 0.450. The van der Waals surface area contributed by atoms with Gasteiger partial charge in [-0.05, 0) is 49.1 Å². The second-order valence-corrected chi connectivity index (χ2v) is 8.99. The quantitative estimate of drug-likeness (QED) is 0.291. The molecule has 192 valence electrons. The minimum Gasteiger partial charge on any atom is -0.409 e. The van der Waals surface area contributed by atoms with Crippen LogP contribution in [-0.4, -0.2) is 69.8 Å². The lowest BCUT2D eigenvalue weighted by Crippen LogP contribution is -2.31. The number of carbonyl (C=O) groups is 2. The summed E-state index contributed by atoms with van der Waals surface area (Å²) in [5, 5.41) is 23.6. The maximum Gasteiger partial charge on any atom is 0.430 e. The summed E-state index contributed by atoms with van der Waals surface area (Å²) in [6.45, 7) is 1.64. The number of aliphatic hydroxyl groups is 2. The van der Waals surface area contributed by atoms with Crippen LogP contribution in [0.3, 0.4) is 0 Å². The van der Waals surface area contributed by atoms with Crippen molar-refractivity contribution in [2.75, 3.05) is 31.5 Å². The highest BCUT2D eigenvalue weighted by Crippen LogP contribution is 2.38. The van der Waals surface area contributed by atoms with Crippen LogP contribution >= 0.6 is 23.1 Å². The Labute approximate surface area is 207 Å². The van der Waals surface area contributed by atoms with Crippen molar-refractivity contribution in [1.29, 1.82) is 0 Å². The van der Waals surface area contributed by atoms with Gasteiger partial charge in [-0.3, -0.25) is 15.0 Å². The molecule has 15 heteroatoms. The van der Waals surface area contributed by atoms with E-state index in [0.717, 1.165) is 12.1 Å². The van der Waals surface area contributed by atoms with E-state index in [1.807, 2.05) is 4.90 Å². The molecule has 2 atom stereocenters. The summed E-state index contributed by atoms with van der Waals surface area (Å²) in [6, 6.07) is 1.72. The second kappa shape index (κ2) is 11.4. The average Bonchev–Trinajstić information content (AvgIpc) is 3.29. The van der Waals surface area contributed by atoms with Crippen molar-refractivity contribution in [3.63, 3.8) is 0 Å². The van der Waals surface area contributed by atoms with E-state index in [-0.39, 0.29) is 16.6 Å². The fourth-order valence-corrected chi connectivity index (χ4v) is 4.27. The Morgan fingerprint density at radius 3 is 2.60 bits per heavy atom. The summed E-state index contributed by atoms with van der Waals surface area (Å²) in [5.74, 6) is -3.38. The van der Waals surface area contributed by atoms with Crippen LogP contribution in [0.5, 0.6) is 5.88 Å². The van der Waals surface area contributed by atoms with Crippen molar-refractivity contribution in [3.8, 4) is 5.88 Å². The third-order valence-corrected chi connectivity index (χ3v) is 6.11. The Balaban J connectivity index is 1.55. The van der Waals surface area contributed by atoms with Crippen molar-refractivity contribution < 1.29 is 37.7 Å². The third-order valence-electron chi connectivity index (χ3n) is 5.13. The van der Waals surface area contributed by atoms with Gasteiger partial charge in [0.25, 0.3) is 5.91 Å². The fourth-order valence-electron chi connectivity index (χ4n) is 3.39. The van der Waals surface area contributed by atoms with E-state index in [0.29, 0.717) is 50.1 Å². The van der Waals surface area contributed by atoms with Crippen LogP contribution in [0.4, 0.5) is 23.0 Å². The first-order valence-corrected chi connectivity index (χ1v) is 11.6. The summed E-state index contributed by atoms with van der Waals surface area (Å²) in [4.78, 5) is 25.9. The zero-order valence-electron chi connectivity index (χ0n) is 18.1. The molecule has 2 aromatic rings. The molecule has 0 bridgehead atoms. The highest BCUT2D eigenvalue weighted by Gasteiger charge is 2.40. The molecule has 2 heterocycles. The number of benzene rings is 1. The smallest absolute Gasteiger partial charge is 0.409 e. The van der Waals surface area contributed by atoms with E-state index in [9.17, 15) is 33.0 Å². The number of aromatic nitrogens is 1. The molecule has 1 saturated heterocycles. The molecule has 3 rings (SSSR count). The van der Waals surface area contributed by atoms with Gasteiger partial charge in [-0.15, -0.1) is 0 Å². The van der Waals surface area contributed by atoms with Crippen LogP contribution in [0, 0.1) is 5.82 Å². The number of hydrogen-bond donors (Lipinski definition) is 5. The summed E-state index contributed by atoms with van der Waals surface area (Å²) >= 11 is 6.06. The van der Waals surface area contributed by atoms with E-state index in [4.69, 9.17) is 17.3 Å². The lowest BCUT2D eigenvalue weighted by atomic mass is 10.2. The summed E-state index contributed by atoms with van der Waals surface area (Å²) in [5.41, 5.74) is 3.54. The van der Waals surface area contributed by atoms with Gasteiger partial charge < -0.3 is 26.0 Å². The average molecular weight is 538 g/mol. The standard InChI is InChI=1S/C20H23ClF3N5O5S/c21-10-3-4-11(12(22)7-10)20(23,24)34-17-15(16(25)32)18(35-28-17)27-19(33)26-5-1-2-6-29-8-13(30)14(31)9-29/h3-4,7,13-14,30-31H,1-2,5-6,8-9H2,(H2,25,32)(H2,26,27,33). The Kier molecular flexibility index (Phi) is 8.77. The van der Waals surface area contributed by atoms with E-state index in [2.05, 4.69) is 19.7 Å². The highest BCUT2D eigenvalue weighted by molar-refractivity contribution is 7.11. The Bertz CT molecular complexity index is 1070. The molecule has 1 fully saturated rings. The van der Waals surface area contributed by atoms with Crippen LogP contribution in [0.15, 0.2) is 18.2 Å². The molecule has 0 radical (unpaired) electrons. The van der Waals surface area contributed by atoms with Gasteiger partial charge in [0.05, 0.1) is 12.2 Å². The molecule has 1 aliphatic rings. The van der Waals surface area contributed by atoms with Crippen LogP contribution in [0.2, 0.25) is 5.02 Å². The van der Waals surface area contributed by atoms with E-state index in [1.54, 1.807) is 0 Å². The number of halogens is 4. The first-order valence-electron chi connectivity index (χ1n) is 10.4. The first kappa shape index (κ1) is 26.9. The number of alkyl halides is 2. The SMILES string of the molecule is NC(=O)c1c(OC(F)(F)c2ccc(Cl)cc2F)nsc1NC(=O)NCCCCN1CC(O)C(O)C1. The van der Waals surface area contributed by atoms with Gasteiger partial charge in [-0.2, -0.15) is 13.2 Å². The molecular weight excluding hydrogens is 515 g/mol. The molecule has 0 saturated carbocycles. The molecular formula is C20H23ClF3N5O5S. The summed E-state index contributed by atoms with van der Waals surface area (Å²) in [7, 11) is 0. The van der Waals surface area contributed by atoms with Gasteiger partial charge in [-0.25, -0.2) is 9.18 Å². The van der Waals surface area contributed by atoms with Gasteiger partial charge in [0, 0.05) is 24.7 Å². The maximum absolute atomic E-state index is 14.5. The normalized spacial score (nSPS) is 18.5. The van der Waals surface area contributed by atoms with Crippen LogP contribution in [0.25, 0.3) is 0 Å². The van der Waals surface area contributed by atoms with Crippen LogP contribution in [0.1, 0.15) is 28.8 Å². The maximum atomic E-state index is 14.5. The van der Waals surface area contributed by atoms with Crippen molar-refractivity contribution in [2.45, 2.75) is 31.2 Å². The van der Waals surface area contributed by atoms with Gasteiger partial charge in [0.1, 0.15) is 21.9 Å². The molecule has 3 amide bonds. The lowest BCUT2D eigenvalue weighted by molar-refractivity contribution is -0.189. The first-order chi connectivity index (χ1) is 16.5. The number of unbranched alkanes of at least 4 members (excludes halogenated alkanes) is 1. The number of hydrogen-bond acceptors (Lipinski definition) is 8. The van der Waals surface area contributed by atoms with Crippen molar-refractivity contribution in [3.05, 3.63) is 40.2 Å². The largest absolute Gasteiger partial charge is 0.430 e. The molecule has 2 unspecified atom stereocenters. The number of nitrogens with two attached hydrogens (primary N) is 1. The van der Waals surface area contributed by atoms with Gasteiger partial charge in [0.15, 0.2) is 0 Å². The summed E-state index contributed by atoms with van der Waals surface area (Å²) < 4.78 is 51.1. The summed E-state index contributed by atoms with van der Waals surface area (Å²) in [6.07, 6.45) is -4.49. The number of anilines is 1. The Morgan fingerprint density at radius 1 is 1.29 bits per heavy atom. The molecule has 10 nitrogen and oxygen atoms in total. The van der Waals surface area contributed by atoms with Gasteiger partial charge in [-0.1, -0.05) is 11.6 Å². The number of rotatable bonds is 10. The molecule has 1 aromatic heterocycles. The van der Waals surface area contributed by atoms with E-state index >= 15 is 0 Å². The second-order valence-electron chi connectivity index (χ2n) is 7.78. The number of likely N-dealkylation sites (tertiary alicyclic amines) is 1. The van der Waals surface area contributed by atoms with Crippen molar-refractivity contribution in [2.24, 2.45) is 5.73 Å². The lowest BCUT2D eigenvalue weighted by Gasteiger charge is -2.18. The van der Waals surface area contributed by atoms with Gasteiger partial charge >= 0.3 is 12.1 Å². The zero-order valence-corrected chi connectivity index (χ0v) is 19.7. The predicted octanol–water partition coefficient (Wildman–Crippen LogP) is 2.10. The predicted molar refractivity (Wildman–Crippen MR) is 121 cm³/mol. The Hall–Kier alpha value is -2.65. The number of primary amides is 1. The molecule has 1 aliphatic heterocycles. The van der Waals surface area contributed by atoms with E-state index < -0.39 is 53.1 Å². The topological polar surface area (TPSA) is 150 Å². The molecule has 0 spiro atoms. The Morgan fingerprint density at radius 2 is 1.97 bits per heavy atom. The number of nitrogens with one attached hydrogen (secondary N) is 2. The van der Waals surface area contributed by atoms with Crippen molar-refractivity contribution >= 4 is 40.1 Å². The number of amides is 3. The van der Waals surface area contributed by atoms with Crippen LogP contribution in [-0.2, 0) is 6.11 Å². The van der Waals surface area contributed by atoms with Crippen molar-refractivity contribution in [1.82, 2.24) is 14.6 Å². The van der Waals surface area contributed by atoms with E-state index in [1.165, 1.54) is 0 Å². The number of carbonyl (C=O) groups excluding carboxylic acids is 2. The monoisotopic (exact) mass is 537 g/mol. The number of nitrogens with zero attached hydrogens (tertiary/aromatic N) is 2. The number of aliphatic hydroxyl groups excluding tert-OH is 2. The number of β-amino-alcohol motifs (C(OH)–C–C–N with tert-alkyl or cyclic N) is 2. The van der Waals surface area contributed by atoms with Gasteiger partial charge in [0.2, 0.25) is 5.88 Å².